The standard InChI is InChI=1S/C11H14BrNO/c1-13-7-8-4-5-14-11-3-2-9(12)6-10(8)11/h2-3,6,8,13H,4-5,7H2,1H3. The molecule has 14 heavy (non-hydrogen) atoms. The van der Waals surface area contributed by atoms with Crippen molar-refractivity contribution in [1.82, 2.24) is 5.32 Å². The molecule has 1 aromatic carbocycles. The van der Waals surface area contributed by atoms with Gasteiger partial charge in [0.05, 0.1) is 6.61 Å². The second-order valence-corrected chi connectivity index (χ2v) is 4.49. The zero-order chi connectivity index (χ0) is 9.97. The van der Waals surface area contributed by atoms with Crippen LogP contribution in [0.4, 0.5) is 0 Å². The van der Waals surface area contributed by atoms with E-state index in [-0.39, 0.29) is 0 Å². The van der Waals surface area contributed by atoms with Crippen molar-refractivity contribution in [2.45, 2.75) is 12.3 Å². The van der Waals surface area contributed by atoms with Gasteiger partial charge in [-0.25, -0.2) is 0 Å². The van der Waals surface area contributed by atoms with Gasteiger partial charge < -0.3 is 10.1 Å². The first-order chi connectivity index (χ1) is 6.81. The Hall–Kier alpha value is -0.540. The van der Waals surface area contributed by atoms with Crippen LogP contribution in [-0.4, -0.2) is 20.2 Å². The number of hydrogen-bond acceptors (Lipinski definition) is 2. The first-order valence-electron chi connectivity index (χ1n) is 4.88. The fourth-order valence-electron chi connectivity index (χ4n) is 1.89. The van der Waals surface area contributed by atoms with Gasteiger partial charge in [0.1, 0.15) is 5.75 Å². The molecule has 2 rings (SSSR count). The summed E-state index contributed by atoms with van der Waals surface area (Å²) >= 11 is 3.49. The average Bonchev–Trinajstić information content (AvgIpc) is 2.19. The molecule has 76 valence electrons. The van der Waals surface area contributed by atoms with Crippen LogP contribution in [-0.2, 0) is 0 Å². The summed E-state index contributed by atoms with van der Waals surface area (Å²) in [6, 6.07) is 6.23. The molecule has 1 aromatic rings. The fraction of sp³-hybridized carbons (Fsp3) is 0.455. The van der Waals surface area contributed by atoms with Crippen LogP contribution in [0.25, 0.3) is 0 Å². The highest BCUT2D eigenvalue weighted by molar-refractivity contribution is 9.10. The molecule has 0 fully saturated rings. The number of benzene rings is 1. The lowest BCUT2D eigenvalue weighted by Crippen LogP contribution is -2.23. The smallest absolute Gasteiger partial charge is 0.122 e. The molecule has 1 unspecified atom stereocenters. The van der Waals surface area contributed by atoms with Crippen LogP contribution >= 0.6 is 15.9 Å². The maximum atomic E-state index is 5.61. The Balaban J connectivity index is 2.32. The molecule has 1 aliphatic heterocycles. The Kier molecular flexibility index (Phi) is 3.08. The van der Waals surface area contributed by atoms with Gasteiger partial charge in [-0.2, -0.15) is 0 Å². The molecule has 1 aliphatic rings. The molecule has 0 aromatic heterocycles. The van der Waals surface area contributed by atoms with E-state index in [1.54, 1.807) is 0 Å². The van der Waals surface area contributed by atoms with Gasteiger partial charge in [-0.05, 0) is 37.2 Å². The minimum absolute atomic E-state index is 0.584. The summed E-state index contributed by atoms with van der Waals surface area (Å²) in [5.41, 5.74) is 1.32. The van der Waals surface area contributed by atoms with Crippen LogP contribution in [0.3, 0.4) is 0 Å². The normalized spacial score (nSPS) is 20.0. The summed E-state index contributed by atoms with van der Waals surface area (Å²) in [5.74, 6) is 1.63. The van der Waals surface area contributed by atoms with Crippen molar-refractivity contribution in [3.63, 3.8) is 0 Å². The topological polar surface area (TPSA) is 21.3 Å². The quantitative estimate of drug-likeness (QED) is 0.877. The Morgan fingerprint density at radius 3 is 3.21 bits per heavy atom. The Morgan fingerprint density at radius 1 is 1.57 bits per heavy atom. The van der Waals surface area contributed by atoms with E-state index >= 15 is 0 Å². The zero-order valence-corrected chi connectivity index (χ0v) is 9.80. The molecule has 0 amide bonds. The predicted molar refractivity (Wildman–Crippen MR) is 60.9 cm³/mol. The highest BCUT2D eigenvalue weighted by atomic mass is 79.9. The minimum atomic E-state index is 0.584. The molecule has 0 bridgehead atoms. The second kappa shape index (κ2) is 4.32. The third-order valence-electron chi connectivity index (χ3n) is 2.59. The number of fused-ring (bicyclic) bond motifs is 1. The van der Waals surface area contributed by atoms with Crippen LogP contribution in [0.15, 0.2) is 22.7 Å². The van der Waals surface area contributed by atoms with Crippen LogP contribution in [0, 0.1) is 0 Å². The molecule has 1 heterocycles. The van der Waals surface area contributed by atoms with Crippen molar-refractivity contribution in [2.24, 2.45) is 0 Å². The second-order valence-electron chi connectivity index (χ2n) is 3.57. The number of rotatable bonds is 2. The number of halogens is 1. The highest BCUT2D eigenvalue weighted by Gasteiger charge is 2.20. The van der Waals surface area contributed by atoms with Gasteiger partial charge in [-0.1, -0.05) is 15.9 Å². The summed E-state index contributed by atoms with van der Waals surface area (Å²) in [4.78, 5) is 0. The maximum Gasteiger partial charge on any atom is 0.122 e. The van der Waals surface area contributed by atoms with E-state index in [9.17, 15) is 0 Å². The van der Waals surface area contributed by atoms with E-state index in [0.29, 0.717) is 5.92 Å². The van der Waals surface area contributed by atoms with Crippen LogP contribution < -0.4 is 10.1 Å². The van der Waals surface area contributed by atoms with Gasteiger partial charge in [-0.3, -0.25) is 0 Å². The summed E-state index contributed by atoms with van der Waals surface area (Å²) in [5, 5.41) is 3.23. The van der Waals surface area contributed by atoms with Crippen molar-refractivity contribution < 1.29 is 4.74 Å². The third-order valence-corrected chi connectivity index (χ3v) is 3.08. The van der Waals surface area contributed by atoms with Crippen LogP contribution in [0.5, 0.6) is 5.75 Å². The van der Waals surface area contributed by atoms with E-state index in [1.165, 1.54) is 5.56 Å². The van der Waals surface area contributed by atoms with Crippen molar-refractivity contribution in [1.29, 1.82) is 0 Å². The van der Waals surface area contributed by atoms with E-state index in [1.807, 2.05) is 19.2 Å². The molecule has 0 spiro atoms. The van der Waals surface area contributed by atoms with Crippen molar-refractivity contribution >= 4 is 15.9 Å². The monoisotopic (exact) mass is 255 g/mol. The van der Waals surface area contributed by atoms with Gasteiger partial charge in [0.25, 0.3) is 0 Å². The van der Waals surface area contributed by atoms with Gasteiger partial charge in [-0.15, -0.1) is 0 Å². The summed E-state index contributed by atoms with van der Waals surface area (Å²) < 4.78 is 6.73. The largest absolute Gasteiger partial charge is 0.493 e. The maximum absolute atomic E-state index is 5.61. The molecule has 3 heteroatoms. The molecule has 2 nitrogen and oxygen atoms in total. The number of nitrogens with one attached hydrogen (secondary N) is 1. The lowest BCUT2D eigenvalue weighted by Gasteiger charge is -2.25. The summed E-state index contributed by atoms with van der Waals surface area (Å²) in [6.07, 6.45) is 1.10. The molecule has 1 atom stereocenters. The number of hydrogen-bond donors (Lipinski definition) is 1. The van der Waals surface area contributed by atoms with Crippen LogP contribution in [0.2, 0.25) is 0 Å². The van der Waals surface area contributed by atoms with Crippen molar-refractivity contribution in [3.05, 3.63) is 28.2 Å². The SMILES string of the molecule is CNCC1CCOc2ccc(Br)cc21. The van der Waals surface area contributed by atoms with Gasteiger partial charge >= 0.3 is 0 Å². The van der Waals surface area contributed by atoms with E-state index in [2.05, 4.69) is 27.3 Å². The van der Waals surface area contributed by atoms with E-state index in [0.717, 1.165) is 29.8 Å². The number of likely N-dealkylation sites (N-methyl/N-ethyl adjacent to an activating group) is 1. The van der Waals surface area contributed by atoms with Crippen molar-refractivity contribution in [3.8, 4) is 5.75 Å². The predicted octanol–water partition coefficient (Wildman–Crippen LogP) is 2.53. The Labute approximate surface area is 92.8 Å². The van der Waals surface area contributed by atoms with Crippen LogP contribution in [0.1, 0.15) is 17.9 Å². The van der Waals surface area contributed by atoms with E-state index < -0.39 is 0 Å². The molecular weight excluding hydrogens is 242 g/mol. The lowest BCUT2D eigenvalue weighted by molar-refractivity contribution is 0.266. The zero-order valence-electron chi connectivity index (χ0n) is 8.22. The molecule has 0 radical (unpaired) electrons. The Morgan fingerprint density at radius 2 is 2.43 bits per heavy atom. The summed E-state index contributed by atoms with van der Waals surface area (Å²) in [7, 11) is 1.99. The molecular formula is C11H14BrNO. The highest BCUT2D eigenvalue weighted by Crippen LogP contribution is 2.34. The van der Waals surface area contributed by atoms with E-state index in [4.69, 9.17) is 4.74 Å². The first kappa shape index (κ1) is 9.99. The first-order valence-corrected chi connectivity index (χ1v) is 5.67. The number of ether oxygens (including phenoxy) is 1. The van der Waals surface area contributed by atoms with Gasteiger partial charge in [0.15, 0.2) is 0 Å². The molecule has 0 saturated carbocycles. The fourth-order valence-corrected chi connectivity index (χ4v) is 2.27. The van der Waals surface area contributed by atoms with Crippen molar-refractivity contribution in [2.75, 3.05) is 20.2 Å². The lowest BCUT2D eigenvalue weighted by atomic mass is 9.93. The van der Waals surface area contributed by atoms with Gasteiger partial charge in [0.2, 0.25) is 0 Å². The Bertz CT molecular complexity index is 327. The third kappa shape index (κ3) is 1.93. The molecule has 1 N–H and O–H groups in total. The average molecular weight is 256 g/mol. The van der Waals surface area contributed by atoms with Gasteiger partial charge in [0, 0.05) is 16.9 Å². The minimum Gasteiger partial charge on any atom is -0.493 e. The summed E-state index contributed by atoms with van der Waals surface area (Å²) in [6.45, 7) is 1.85. The molecule has 0 saturated heterocycles. The molecule has 0 aliphatic carbocycles.